The minimum Gasteiger partial charge on any atom is -0.492 e. The SMILES string of the molecule is CN=C(NCCNC(=O)Cc1cccc(F)c1)NCCOc1ccc(C)cc1. The average molecular weight is 386 g/mol. The van der Waals surface area contributed by atoms with E-state index in [1.54, 1.807) is 19.2 Å². The van der Waals surface area contributed by atoms with Crippen LogP contribution in [0.1, 0.15) is 11.1 Å². The number of ether oxygens (including phenoxy) is 1. The van der Waals surface area contributed by atoms with E-state index in [4.69, 9.17) is 4.74 Å². The third kappa shape index (κ3) is 8.07. The zero-order valence-corrected chi connectivity index (χ0v) is 16.3. The third-order valence-electron chi connectivity index (χ3n) is 3.90. The van der Waals surface area contributed by atoms with E-state index < -0.39 is 0 Å². The topological polar surface area (TPSA) is 74.8 Å². The van der Waals surface area contributed by atoms with Gasteiger partial charge in [0, 0.05) is 20.1 Å². The minimum absolute atomic E-state index is 0.151. The highest BCUT2D eigenvalue weighted by Gasteiger charge is 2.04. The molecule has 6 nitrogen and oxygen atoms in total. The van der Waals surface area contributed by atoms with Crippen LogP contribution in [0.3, 0.4) is 0 Å². The summed E-state index contributed by atoms with van der Waals surface area (Å²) in [5.41, 5.74) is 1.84. The molecule has 2 aromatic carbocycles. The van der Waals surface area contributed by atoms with E-state index in [1.165, 1.54) is 17.7 Å². The van der Waals surface area contributed by atoms with Gasteiger partial charge in [-0.15, -0.1) is 0 Å². The number of carbonyl (C=O) groups excluding carboxylic acids is 1. The summed E-state index contributed by atoms with van der Waals surface area (Å²) >= 11 is 0. The molecule has 3 N–H and O–H groups in total. The molecule has 0 aliphatic heterocycles. The molecule has 150 valence electrons. The van der Waals surface area contributed by atoms with Crippen molar-refractivity contribution in [3.05, 3.63) is 65.5 Å². The van der Waals surface area contributed by atoms with Crippen molar-refractivity contribution in [2.24, 2.45) is 4.99 Å². The lowest BCUT2D eigenvalue weighted by Gasteiger charge is -2.13. The first-order chi connectivity index (χ1) is 13.6. The Morgan fingerprint density at radius 1 is 1.04 bits per heavy atom. The number of carbonyl (C=O) groups is 1. The van der Waals surface area contributed by atoms with Gasteiger partial charge in [-0.2, -0.15) is 0 Å². The lowest BCUT2D eigenvalue weighted by Crippen LogP contribution is -2.42. The van der Waals surface area contributed by atoms with E-state index in [-0.39, 0.29) is 18.1 Å². The lowest BCUT2D eigenvalue weighted by molar-refractivity contribution is -0.120. The Hall–Kier alpha value is -3.09. The molecule has 1 amide bonds. The number of benzene rings is 2. The summed E-state index contributed by atoms with van der Waals surface area (Å²) in [7, 11) is 1.68. The molecule has 2 rings (SSSR count). The summed E-state index contributed by atoms with van der Waals surface area (Å²) in [6.07, 6.45) is 0.154. The number of halogens is 1. The minimum atomic E-state index is -0.340. The van der Waals surface area contributed by atoms with Crippen LogP contribution in [0.5, 0.6) is 5.75 Å². The van der Waals surface area contributed by atoms with Crippen molar-refractivity contribution >= 4 is 11.9 Å². The van der Waals surface area contributed by atoms with Gasteiger partial charge in [0.25, 0.3) is 0 Å². The standard InChI is InChI=1S/C21H27FN4O2/c1-16-6-8-19(9-7-16)28-13-12-26-21(23-2)25-11-10-24-20(27)15-17-4-3-5-18(22)14-17/h3-9,14H,10-13,15H2,1-2H3,(H,24,27)(H2,23,25,26). The maximum atomic E-state index is 13.1. The number of hydrogen-bond donors (Lipinski definition) is 3. The maximum Gasteiger partial charge on any atom is 0.224 e. The van der Waals surface area contributed by atoms with Crippen molar-refractivity contribution in [2.45, 2.75) is 13.3 Å². The normalized spacial score (nSPS) is 11.0. The van der Waals surface area contributed by atoms with Crippen LogP contribution in [0.25, 0.3) is 0 Å². The molecule has 0 heterocycles. The van der Waals surface area contributed by atoms with E-state index in [9.17, 15) is 9.18 Å². The maximum absolute atomic E-state index is 13.1. The first-order valence-electron chi connectivity index (χ1n) is 9.22. The highest BCUT2D eigenvalue weighted by molar-refractivity contribution is 5.80. The number of aryl methyl sites for hydroxylation is 1. The van der Waals surface area contributed by atoms with Crippen molar-refractivity contribution < 1.29 is 13.9 Å². The first kappa shape index (κ1) is 21.2. The Morgan fingerprint density at radius 2 is 1.75 bits per heavy atom. The highest BCUT2D eigenvalue weighted by atomic mass is 19.1. The molecule has 0 radical (unpaired) electrons. The number of aliphatic imine (C=N–C) groups is 1. The molecule has 0 saturated carbocycles. The van der Waals surface area contributed by atoms with Gasteiger partial charge in [-0.3, -0.25) is 9.79 Å². The molecule has 0 spiro atoms. The Kier molecular flexibility index (Phi) is 8.78. The van der Waals surface area contributed by atoms with Gasteiger partial charge >= 0.3 is 0 Å². The van der Waals surface area contributed by atoms with Crippen LogP contribution < -0.4 is 20.7 Å². The lowest BCUT2D eigenvalue weighted by atomic mass is 10.1. The molecule has 0 fully saturated rings. The summed E-state index contributed by atoms with van der Waals surface area (Å²) in [4.78, 5) is 16.0. The zero-order chi connectivity index (χ0) is 20.2. The van der Waals surface area contributed by atoms with Crippen molar-refractivity contribution in [3.8, 4) is 5.75 Å². The van der Waals surface area contributed by atoms with E-state index in [0.717, 1.165) is 5.75 Å². The molecular weight excluding hydrogens is 359 g/mol. The average Bonchev–Trinajstić information content (AvgIpc) is 2.68. The Labute approximate surface area is 165 Å². The monoisotopic (exact) mass is 386 g/mol. The van der Waals surface area contributed by atoms with Crippen molar-refractivity contribution in [1.29, 1.82) is 0 Å². The predicted octanol–water partition coefficient (Wildman–Crippen LogP) is 2.04. The summed E-state index contributed by atoms with van der Waals surface area (Å²) in [6, 6.07) is 13.9. The molecular formula is C21H27FN4O2. The number of nitrogens with one attached hydrogen (secondary N) is 3. The van der Waals surface area contributed by atoms with E-state index in [0.29, 0.717) is 37.8 Å². The van der Waals surface area contributed by atoms with Gasteiger partial charge in [0.2, 0.25) is 5.91 Å². The summed E-state index contributed by atoms with van der Waals surface area (Å²) < 4.78 is 18.8. The third-order valence-corrected chi connectivity index (χ3v) is 3.90. The molecule has 0 aromatic heterocycles. The van der Waals surface area contributed by atoms with E-state index in [1.807, 2.05) is 31.2 Å². The molecule has 2 aromatic rings. The predicted molar refractivity (Wildman–Crippen MR) is 109 cm³/mol. The van der Waals surface area contributed by atoms with Gasteiger partial charge in [-0.05, 0) is 36.8 Å². The molecule has 0 atom stereocenters. The van der Waals surface area contributed by atoms with Crippen LogP contribution in [-0.4, -0.2) is 45.2 Å². The van der Waals surface area contributed by atoms with Crippen LogP contribution in [-0.2, 0) is 11.2 Å². The number of hydrogen-bond acceptors (Lipinski definition) is 3. The van der Waals surface area contributed by atoms with Crippen LogP contribution in [0.15, 0.2) is 53.5 Å². The van der Waals surface area contributed by atoms with Crippen LogP contribution >= 0.6 is 0 Å². The number of guanidine groups is 1. The van der Waals surface area contributed by atoms with Gasteiger partial charge in [0.15, 0.2) is 5.96 Å². The second-order valence-corrected chi connectivity index (χ2v) is 6.24. The molecule has 0 aliphatic rings. The number of nitrogens with zero attached hydrogens (tertiary/aromatic N) is 1. The zero-order valence-electron chi connectivity index (χ0n) is 16.3. The van der Waals surface area contributed by atoms with Crippen molar-refractivity contribution in [1.82, 2.24) is 16.0 Å². The Balaban J connectivity index is 1.57. The fraction of sp³-hybridized carbons (Fsp3) is 0.333. The van der Waals surface area contributed by atoms with Gasteiger partial charge in [-0.25, -0.2) is 4.39 Å². The van der Waals surface area contributed by atoms with Gasteiger partial charge in [-0.1, -0.05) is 29.8 Å². The van der Waals surface area contributed by atoms with Crippen LogP contribution in [0, 0.1) is 12.7 Å². The molecule has 0 saturated heterocycles. The van der Waals surface area contributed by atoms with Crippen molar-refractivity contribution in [2.75, 3.05) is 33.3 Å². The molecule has 0 unspecified atom stereocenters. The summed E-state index contributed by atoms with van der Waals surface area (Å²) in [5.74, 6) is 0.971. The quantitative estimate of drug-likeness (QED) is 0.350. The Morgan fingerprint density at radius 3 is 2.46 bits per heavy atom. The molecule has 0 aliphatic carbocycles. The van der Waals surface area contributed by atoms with E-state index in [2.05, 4.69) is 20.9 Å². The van der Waals surface area contributed by atoms with Gasteiger partial charge in [0.1, 0.15) is 18.2 Å². The molecule has 0 bridgehead atoms. The molecule has 7 heteroatoms. The fourth-order valence-electron chi connectivity index (χ4n) is 2.47. The number of amides is 1. The van der Waals surface area contributed by atoms with Crippen LogP contribution in [0.2, 0.25) is 0 Å². The van der Waals surface area contributed by atoms with E-state index >= 15 is 0 Å². The highest BCUT2D eigenvalue weighted by Crippen LogP contribution is 2.10. The largest absolute Gasteiger partial charge is 0.492 e. The smallest absolute Gasteiger partial charge is 0.224 e. The molecule has 28 heavy (non-hydrogen) atoms. The van der Waals surface area contributed by atoms with Gasteiger partial charge < -0.3 is 20.7 Å². The summed E-state index contributed by atoms with van der Waals surface area (Å²) in [6.45, 7) is 4.10. The number of rotatable bonds is 9. The van der Waals surface area contributed by atoms with Gasteiger partial charge in [0.05, 0.1) is 13.0 Å². The Bertz CT molecular complexity index is 778. The van der Waals surface area contributed by atoms with Crippen LogP contribution in [0.4, 0.5) is 4.39 Å². The first-order valence-corrected chi connectivity index (χ1v) is 9.22. The summed E-state index contributed by atoms with van der Waals surface area (Å²) in [5, 5.41) is 9.05. The van der Waals surface area contributed by atoms with Crippen molar-refractivity contribution in [3.63, 3.8) is 0 Å². The second kappa shape index (κ2) is 11.6. The fourth-order valence-corrected chi connectivity index (χ4v) is 2.47. The second-order valence-electron chi connectivity index (χ2n) is 6.24.